The van der Waals surface area contributed by atoms with E-state index in [0.717, 1.165) is 0 Å². The van der Waals surface area contributed by atoms with Gasteiger partial charge in [-0.15, -0.1) is 0 Å². The van der Waals surface area contributed by atoms with Gasteiger partial charge in [-0.2, -0.15) is 0 Å². The normalized spacial score (nSPS) is 12.2. The van der Waals surface area contributed by atoms with Crippen LogP contribution in [0.2, 0.25) is 0 Å². The van der Waals surface area contributed by atoms with Gasteiger partial charge in [0.1, 0.15) is 18.5 Å². The summed E-state index contributed by atoms with van der Waals surface area (Å²) in [5, 5.41) is 12.6. The summed E-state index contributed by atoms with van der Waals surface area (Å²) in [5.74, 6) is 0.603. The Morgan fingerprint density at radius 2 is 2.10 bits per heavy atom. The minimum Gasteiger partial charge on any atom is -0.491 e. The Labute approximate surface area is 119 Å². The monoisotopic (exact) mass is 281 g/mol. The Balaban J connectivity index is 2.27. The lowest BCUT2D eigenvalue weighted by molar-refractivity contribution is -0.122. The second-order valence-corrected chi connectivity index (χ2v) is 4.68. The van der Waals surface area contributed by atoms with Crippen molar-refractivity contribution in [1.82, 2.24) is 10.2 Å². The van der Waals surface area contributed by atoms with Gasteiger partial charge in [-0.05, 0) is 38.2 Å². The number of amides is 1. The number of aliphatic hydroxyl groups excluding tert-OH is 1. The number of nitrogens with two attached hydrogens (primary N) is 1. The van der Waals surface area contributed by atoms with E-state index in [9.17, 15) is 9.90 Å². The molecule has 0 aliphatic carbocycles. The predicted molar refractivity (Wildman–Crippen MR) is 78.5 cm³/mol. The Kier molecular flexibility index (Phi) is 6.83. The highest BCUT2D eigenvalue weighted by atomic mass is 16.5. The van der Waals surface area contributed by atoms with Gasteiger partial charge in [0.05, 0.1) is 6.54 Å². The van der Waals surface area contributed by atoms with Gasteiger partial charge in [0.2, 0.25) is 5.91 Å². The van der Waals surface area contributed by atoms with Gasteiger partial charge >= 0.3 is 0 Å². The Morgan fingerprint density at radius 1 is 1.45 bits per heavy atom. The Morgan fingerprint density at radius 3 is 2.70 bits per heavy atom. The molecule has 0 spiro atoms. The molecule has 1 atom stereocenters. The largest absolute Gasteiger partial charge is 0.491 e. The minimum atomic E-state index is -0.660. The maximum atomic E-state index is 11.4. The third-order valence-corrected chi connectivity index (χ3v) is 2.63. The van der Waals surface area contributed by atoms with E-state index in [1.165, 1.54) is 0 Å². The molecule has 0 saturated carbocycles. The molecule has 0 aromatic heterocycles. The van der Waals surface area contributed by atoms with Crippen molar-refractivity contribution in [3.05, 3.63) is 24.3 Å². The van der Waals surface area contributed by atoms with Gasteiger partial charge in [0.25, 0.3) is 0 Å². The number of likely N-dealkylation sites (N-methyl/N-ethyl adjacent to an activating group) is 2. The van der Waals surface area contributed by atoms with Crippen molar-refractivity contribution in [2.75, 3.05) is 39.0 Å². The first kappa shape index (κ1) is 16.3. The van der Waals surface area contributed by atoms with Crippen LogP contribution in [0.3, 0.4) is 0 Å². The summed E-state index contributed by atoms with van der Waals surface area (Å²) in [6, 6.07) is 6.98. The lowest BCUT2D eigenvalue weighted by Gasteiger charge is -2.20. The van der Waals surface area contributed by atoms with Gasteiger partial charge in [-0.3, -0.25) is 9.69 Å². The fourth-order valence-electron chi connectivity index (χ4n) is 1.73. The lowest BCUT2D eigenvalue weighted by atomic mass is 10.3. The molecule has 112 valence electrons. The van der Waals surface area contributed by atoms with Gasteiger partial charge in [0.15, 0.2) is 0 Å². The molecular weight excluding hydrogens is 258 g/mol. The van der Waals surface area contributed by atoms with E-state index in [2.05, 4.69) is 5.32 Å². The van der Waals surface area contributed by atoms with E-state index < -0.39 is 6.10 Å². The minimum absolute atomic E-state index is 0.0540. The van der Waals surface area contributed by atoms with Crippen molar-refractivity contribution < 1.29 is 14.6 Å². The number of carbonyl (C=O) groups is 1. The number of carbonyl (C=O) groups excluding carboxylic acids is 1. The van der Waals surface area contributed by atoms with E-state index >= 15 is 0 Å². The molecule has 0 radical (unpaired) electrons. The number of rotatable bonds is 8. The molecule has 20 heavy (non-hydrogen) atoms. The highest BCUT2D eigenvalue weighted by molar-refractivity contribution is 5.77. The third-order valence-electron chi connectivity index (χ3n) is 2.63. The number of aliphatic hydroxyl groups is 1. The van der Waals surface area contributed by atoms with E-state index in [0.29, 0.717) is 24.5 Å². The van der Waals surface area contributed by atoms with Crippen LogP contribution in [0, 0.1) is 0 Å². The van der Waals surface area contributed by atoms with E-state index in [-0.39, 0.29) is 19.1 Å². The van der Waals surface area contributed by atoms with Gasteiger partial charge in [0, 0.05) is 18.8 Å². The standard InChI is InChI=1S/C14H23N3O3/c1-3-16-14(19)9-17(2)8-12(18)10-20-13-6-4-11(15)5-7-13/h4-7,12,18H,3,8-10,15H2,1-2H3,(H,16,19). The van der Waals surface area contributed by atoms with Crippen molar-refractivity contribution in [3.8, 4) is 5.75 Å². The Hall–Kier alpha value is -1.79. The molecule has 0 saturated heterocycles. The van der Waals surface area contributed by atoms with Crippen molar-refractivity contribution in [3.63, 3.8) is 0 Å². The second kappa shape index (κ2) is 8.39. The van der Waals surface area contributed by atoms with Crippen LogP contribution in [0.25, 0.3) is 0 Å². The number of benzene rings is 1. The first-order valence-corrected chi connectivity index (χ1v) is 6.63. The molecule has 0 bridgehead atoms. The van der Waals surface area contributed by atoms with Gasteiger partial charge in [-0.1, -0.05) is 0 Å². The highest BCUT2D eigenvalue weighted by Crippen LogP contribution is 2.13. The van der Waals surface area contributed by atoms with Crippen molar-refractivity contribution in [2.24, 2.45) is 0 Å². The number of ether oxygens (including phenoxy) is 1. The summed E-state index contributed by atoms with van der Waals surface area (Å²) in [7, 11) is 1.78. The third kappa shape index (κ3) is 6.40. The summed E-state index contributed by atoms with van der Waals surface area (Å²) >= 11 is 0. The van der Waals surface area contributed by atoms with E-state index in [1.54, 1.807) is 36.2 Å². The molecule has 6 nitrogen and oxygen atoms in total. The second-order valence-electron chi connectivity index (χ2n) is 4.68. The number of hydrogen-bond acceptors (Lipinski definition) is 5. The zero-order valence-electron chi connectivity index (χ0n) is 12.0. The molecule has 1 rings (SSSR count). The van der Waals surface area contributed by atoms with Crippen molar-refractivity contribution in [2.45, 2.75) is 13.0 Å². The molecule has 1 unspecified atom stereocenters. The smallest absolute Gasteiger partial charge is 0.234 e. The number of hydrogen-bond donors (Lipinski definition) is 3. The average Bonchev–Trinajstić information content (AvgIpc) is 2.38. The molecular formula is C14H23N3O3. The Bertz CT molecular complexity index is 409. The predicted octanol–water partition coefficient (Wildman–Crippen LogP) is 0.0764. The summed E-state index contributed by atoms with van der Waals surface area (Å²) in [6.45, 7) is 3.27. The maximum Gasteiger partial charge on any atom is 0.234 e. The molecule has 4 N–H and O–H groups in total. The first-order valence-electron chi connectivity index (χ1n) is 6.63. The number of anilines is 1. The summed E-state index contributed by atoms with van der Waals surface area (Å²) in [5.41, 5.74) is 6.24. The van der Waals surface area contributed by atoms with Crippen molar-refractivity contribution >= 4 is 11.6 Å². The van der Waals surface area contributed by atoms with Crippen LogP contribution in [0.15, 0.2) is 24.3 Å². The number of nitrogens with zero attached hydrogens (tertiary/aromatic N) is 1. The van der Waals surface area contributed by atoms with Gasteiger partial charge in [-0.25, -0.2) is 0 Å². The van der Waals surface area contributed by atoms with Gasteiger partial charge < -0.3 is 20.9 Å². The highest BCUT2D eigenvalue weighted by Gasteiger charge is 2.11. The average molecular weight is 281 g/mol. The summed E-state index contributed by atoms with van der Waals surface area (Å²) < 4.78 is 5.44. The molecule has 0 fully saturated rings. The molecule has 0 aliphatic rings. The molecule has 1 amide bonds. The summed E-state index contributed by atoms with van der Waals surface area (Å²) in [4.78, 5) is 13.1. The quantitative estimate of drug-likeness (QED) is 0.587. The van der Waals surface area contributed by atoms with Crippen LogP contribution >= 0.6 is 0 Å². The summed E-state index contributed by atoms with van der Waals surface area (Å²) in [6.07, 6.45) is -0.660. The van der Waals surface area contributed by atoms with Crippen LogP contribution in [-0.4, -0.2) is 55.3 Å². The van der Waals surface area contributed by atoms with E-state index in [1.807, 2.05) is 6.92 Å². The molecule has 0 aliphatic heterocycles. The fraction of sp³-hybridized carbons (Fsp3) is 0.500. The van der Waals surface area contributed by atoms with Crippen LogP contribution in [0.5, 0.6) is 5.75 Å². The zero-order chi connectivity index (χ0) is 15.0. The molecule has 0 heterocycles. The fourth-order valence-corrected chi connectivity index (χ4v) is 1.73. The van der Waals surface area contributed by atoms with E-state index in [4.69, 9.17) is 10.5 Å². The first-order chi connectivity index (χ1) is 9.51. The molecule has 6 heteroatoms. The zero-order valence-corrected chi connectivity index (χ0v) is 12.0. The van der Waals surface area contributed by atoms with Crippen LogP contribution in [0.1, 0.15) is 6.92 Å². The SMILES string of the molecule is CCNC(=O)CN(C)CC(O)COc1ccc(N)cc1. The number of nitrogen functional groups attached to an aromatic ring is 1. The number of nitrogens with one attached hydrogen (secondary N) is 1. The maximum absolute atomic E-state index is 11.4. The lowest BCUT2D eigenvalue weighted by Crippen LogP contribution is -2.40. The molecule has 1 aromatic rings. The van der Waals surface area contributed by atoms with Crippen LogP contribution < -0.4 is 15.8 Å². The van der Waals surface area contributed by atoms with Crippen molar-refractivity contribution in [1.29, 1.82) is 0 Å². The topological polar surface area (TPSA) is 87.8 Å². The van der Waals surface area contributed by atoms with Crippen LogP contribution in [0.4, 0.5) is 5.69 Å². The molecule has 1 aromatic carbocycles. The van der Waals surface area contributed by atoms with Crippen LogP contribution in [-0.2, 0) is 4.79 Å².